The monoisotopic (exact) mass is 338 g/mol. The zero-order valence-corrected chi connectivity index (χ0v) is 13.3. The number of rotatable bonds is 6. The minimum Gasteiger partial charge on any atom is -0.385 e. The van der Waals surface area contributed by atoms with E-state index < -0.39 is 11.7 Å². The van der Waals surface area contributed by atoms with Crippen molar-refractivity contribution >= 4 is 5.69 Å². The number of benzene rings is 1. The van der Waals surface area contributed by atoms with Crippen molar-refractivity contribution in [3.8, 4) is 6.07 Å². The molecule has 2 aromatic rings. The number of nitrogens with one attached hydrogen (secondary N) is 1. The van der Waals surface area contributed by atoms with Gasteiger partial charge in [0.15, 0.2) is 5.82 Å². The second kappa shape index (κ2) is 7.34. The maximum Gasteiger partial charge on any atom is 0.417 e. The van der Waals surface area contributed by atoms with Crippen molar-refractivity contribution in [3.63, 3.8) is 0 Å². The van der Waals surface area contributed by atoms with Gasteiger partial charge in [0.05, 0.1) is 17.2 Å². The number of hydrogen-bond donors (Lipinski definition) is 1. The van der Waals surface area contributed by atoms with Gasteiger partial charge in [0, 0.05) is 24.6 Å². The van der Waals surface area contributed by atoms with Gasteiger partial charge in [0.25, 0.3) is 0 Å². The van der Waals surface area contributed by atoms with Crippen LogP contribution in [0.15, 0.2) is 22.7 Å². The molecule has 0 fully saturated rings. The van der Waals surface area contributed by atoms with Crippen molar-refractivity contribution in [1.29, 1.82) is 5.26 Å². The molecule has 8 heteroatoms. The molecule has 1 heterocycles. The quantitative estimate of drug-likeness (QED) is 0.802. The topological polar surface area (TPSA) is 74.7 Å². The first-order valence-electron chi connectivity index (χ1n) is 7.49. The Morgan fingerprint density at radius 1 is 1.33 bits per heavy atom. The van der Waals surface area contributed by atoms with E-state index in [9.17, 15) is 13.2 Å². The molecule has 0 unspecified atom stereocenters. The normalized spacial score (nSPS) is 11.5. The largest absolute Gasteiger partial charge is 0.417 e. The Morgan fingerprint density at radius 2 is 2.08 bits per heavy atom. The van der Waals surface area contributed by atoms with Crippen molar-refractivity contribution in [1.82, 2.24) is 10.1 Å². The van der Waals surface area contributed by atoms with Gasteiger partial charge in [-0.25, -0.2) is 0 Å². The van der Waals surface area contributed by atoms with Gasteiger partial charge >= 0.3 is 6.18 Å². The Labute approximate surface area is 137 Å². The predicted octanol–water partition coefficient (Wildman–Crippen LogP) is 4.13. The van der Waals surface area contributed by atoms with Crippen molar-refractivity contribution in [3.05, 3.63) is 41.0 Å². The SMILES string of the molecule is CC(C)c1noc(CCCNc2ccc(C#N)c(C(F)(F)F)c2)n1. The highest BCUT2D eigenvalue weighted by Crippen LogP contribution is 2.33. The highest BCUT2D eigenvalue weighted by atomic mass is 19.4. The van der Waals surface area contributed by atoms with E-state index in [-0.39, 0.29) is 11.5 Å². The molecule has 2 rings (SSSR count). The Balaban J connectivity index is 1.91. The maximum absolute atomic E-state index is 12.9. The summed E-state index contributed by atoms with van der Waals surface area (Å²) in [4.78, 5) is 4.23. The lowest BCUT2D eigenvalue weighted by molar-refractivity contribution is -0.137. The molecule has 0 spiro atoms. The highest BCUT2D eigenvalue weighted by molar-refractivity contribution is 5.53. The van der Waals surface area contributed by atoms with Crippen LogP contribution >= 0.6 is 0 Å². The molecule has 0 aliphatic carbocycles. The molecule has 0 bridgehead atoms. The molecule has 1 N–H and O–H groups in total. The fraction of sp³-hybridized carbons (Fsp3) is 0.438. The van der Waals surface area contributed by atoms with Crippen LogP contribution in [0.4, 0.5) is 18.9 Å². The molecule has 0 saturated heterocycles. The van der Waals surface area contributed by atoms with E-state index in [1.807, 2.05) is 13.8 Å². The van der Waals surface area contributed by atoms with Gasteiger partial charge in [-0.2, -0.15) is 23.4 Å². The van der Waals surface area contributed by atoms with Gasteiger partial charge in [-0.1, -0.05) is 19.0 Å². The van der Waals surface area contributed by atoms with E-state index in [0.717, 1.165) is 12.1 Å². The smallest absolute Gasteiger partial charge is 0.385 e. The molecular formula is C16H17F3N4O. The first-order valence-corrected chi connectivity index (χ1v) is 7.49. The van der Waals surface area contributed by atoms with Gasteiger partial charge in [0.1, 0.15) is 0 Å². The molecule has 1 aromatic heterocycles. The first-order chi connectivity index (χ1) is 11.3. The van der Waals surface area contributed by atoms with Crippen LogP contribution in [-0.4, -0.2) is 16.7 Å². The summed E-state index contributed by atoms with van der Waals surface area (Å²) in [6.45, 7) is 4.36. The van der Waals surface area contributed by atoms with Crippen molar-refractivity contribution in [2.45, 2.75) is 38.8 Å². The van der Waals surface area contributed by atoms with Crippen LogP contribution in [0.1, 0.15) is 49.0 Å². The van der Waals surface area contributed by atoms with E-state index >= 15 is 0 Å². The van der Waals surface area contributed by atoms with Crippen LogP contribution in [0.25, 0.3) is 0 Å². The molecule has 0 radical (unpaired) electrons. The number of anilines is 1. The summed E-state index contributed by atoms with van der Waals surface area (Å²) in [6, 6.07) is 5.12. The van der Waals surface area contributed by atoms with E-state index in [2.05, 4.69) is 15.5 Å². The number of alkyl halides is 3. The summed E-state index contributed by atoms with van der Waals surface area (Å²) in [5.41, 5.74) is -1.01. The van der Waals surface area contributed by atoms with Crippen LogP contribution in [0.2, 0.25) is 0 Å². The van der Waals surface area contributed by atoms with Crippen LogP contribution < -0.4 is 5.32 Å². The highest BCUT2D eigenvalue weighted by Gasteiger charge is 2.33. The Bertz CT molecular complexity index is 732. The minimum atomic E-state index is -4.56. The van der Waals surface area contributed by atoms with Gasteiger partial charge in [-0.3, -0.25) is 0 Å². The van der Waals surface area contributed by atoms with Crippen LogP contribution in [-0.2, 0) is 12.6 Å². The molecule has 128 valence electrons. The third kappa shape index (κ3) is 4.47. The van der Waals surface area contributed by atoms with E-state index in [0.29, 0.717) is 36.8 Å². The number of hydrogen-bond acceptors (Lipinski definition) is 5. The molecule has 0 aliphatic heterocycles. The van der Waals surface area contributed by atoms with E-state index in [4.69, 9.17) is 9.78 Å². The van der Waals surface area contributed by atoms with Crippen LogP contribution in [0.3, 0.4) is 0 Å². The number of aromatic nitrogens is 2. The standard InChI is InChI=1S/C16H17F3N4O/c1-10(2)15-22-14(24-23-15)4-3-7-21-12-6-5-11(9-20)13(8-12)16(17,18)19/h5-6,8,10,21H,3-4,7H2,1-2H3. The summed E-state index contributed by atoms with van der Waals surface area (Å²) in [6.07, 6.45) is -3.39. The summed E-state index contributed by atoms with van der Waals surface area (Å²) in [7, 11) is 0. The lowest BCUT2D eigenvalue weighted by Gasteiger charge is -2.12. The third-order valence-corrected chi connectivity index (χ3v) is 3.34. The minimum absolute atomic E-state index is 0.181. The van der Waals surface area contributed by atoms with E-state index in [1.165, 1.54) is 6.07 Å². The molecule has 0 amide bonds. The molecular weight excluding hydrogens is 321 g/mol. The Kier molecular flexibility index (Phi) is 5.44. The van der Waals surface area contributed by atoms with Crippen molar-refractivity contribution in [2.24, 2.45) is 0 Å². The van der Waals surface area contributed by atoms with Gasteiger partial charge in [-0.05, 0) is 24.6 Å². The average molecular weight is 338 g/mol. The summed E-state index contributed by atoms with van der Waals surface area (Å²) >= 11 is 0. The van der Waals surface area contributed by atoms with Gasteiger partial charge < -0.3 is 9.84 Å². The van der Waals surface area contributed by atoms with Gasteiger partial charge in [0.2, 0.25) is 5.89 Å². The third-order valence-electron chi connectivity index (χ3n) is 3.34. The van der Waals surface area contributed by atoms with Gasteiger partial charge in [-0.15, -0.1) is 0 Å². The number of nitriles is 1. The van der Waals surface area contributed by atoms with Crippen molar-refractivity contribution < 1.29 is 17.7 Å². The Hall–Kier alpha value is -2.56. The van der Waals surface area contributed by atoms with Crippen LogP contribution in [0, 0.1) is 11.3 Å². The van der Waals surface area contributed by atoms with Crippen LogP contribution in [0.5, 0.6) is 0 Å². The molecule has 5 nitrogen and oxygen atoms in total. The maximum atomic E-state index is 12.9. The zero-order valence-electron chi connectivity index (χ0n) is 13.3. The molecule has 24 heavy (non-hydrogen) atoms. The fourth-order valence-electron chi connectivity index (χ4n) is 2.06. The van der Waals surface area contributed by atoms with Crippen molar-refractivity contribution in [2.75, 3.05) is 11.9 Å². The number of halogens is 3. The zero-order chi connectivity index (χ0) is 17.7. The number of aryl methyl sites for hydroxylation is 1. The summed E-state index contributed by atoms with van der Waals surface area (Å²) < 4.78 is 43.8. The summed E-state index contributed by atoms with van der Waals surface area (Å²) in [5.74, 6) is 1.33. The second-order valence-electron chi connectivity index (χ2n) is 5.60. The van der Waals surface area contributed by atoms with E-state index in [1.54, 1.807) is 6.07 Å². The average Bonchev–Trinajstić information content (AvgIpc) is 2.99. The number of nitrogens with zero attached hydrogens (tertiary/aromatic N) is 3. The Morgan fingerprint density at radius 3 is 2.67 bits per heavy atom. The summed E-state index contributed by atoms with van der Waals surface area (Å²) in [5, 5.41) is 15.5. The fourth-order valence-corrected chi connectivity index (χ4v) is 2.06. The predicted molar refractivity (Wildman–Crippen MR) is 81.4 cm³/mol. The molecule has 1 aromatic carbocycles. The molecule has 0 atom stereocenters. The molecule has 0 aliphatic rings. The second-order valence-corrected chi connectivity index (χ2v) is 5.60. The lowest BCUT2D eigenvalue weighted by Crippen LogP contribution is -2.10. The lowest BCUT2D eigenvalue weighted by atomic mass is 10.1. The first kappa shape index (κ1) is 17.8. The molecule has 0 saturated carbocycles.